The number of halogens is 3. The van der Waals surface area contributed by atoms with Gasteiger partial charge in [-0.05, 0) is 12.0 Å². The van der Waals surface area contributed by atoms with Gasteiger partial charge in [0.1, 0.15) is 0 Å². The van der Waals surface area contributed by atoms with Crippen molar-refractivity contribution in [2.75, 3.05) is 32.7 Å². The van der Waals surface area contributed by atoms with Gasteiger partial charge in [0.05, 0.1) is 5.56 Å². The summed E-state index contributed by atoms with van der Waals surface area (Å²) in [7, 11) is 1.38. The zero-order valence-corrected chi connectivity index (χ0v) is 14.5. The predicted molar refractivity (Wildman–Crippen MR) is 90.7 cm³/mol. The van der Waals surface area contributed by atoms with Crippen LogP contribution >= 0.6 is 0 Å². The summed E-state index contributed by atoms with van der Waals surface area (Å²) in [5.41, 5.74) is -0.245. The number of hydrogen-bond acceptors (Lipinski definition) is 3. The van der Waals surface area contributed by atoms with Gasteiger partial charge in [0.15, 0.2) is 5.69 Å². The summed E-state index contributed by atoms with van der Waals surface area (Å²) in [5.74, 6) is -0.604. The lowest BCUT2D eigenvalue weighted by atomic mass is 10.1. The minimum atomic E-state index is -4.64. The third-order valence-electron chi connectivity index (χ3n) is 4.55. The highest BCUT2D eigenvalue weighted by Gasteiger charge is 2.40. The second-order valence-electron chi connectivity index (χ2n) is 6.43. The fraction of sp³-hybridized carbons (Fsp3) is 0.444. The van der Waals surface area contributed by atoms with Gasteiger partial charge in [0.25, 0.3) is 5.91 Å². The van der Waals surface area contributed by atoms with Crippen molar-refractivity contribution in [3.05, 3.63) is 53.3 Å². The van der Waals surface area contributed by atoms with Gasteiger partial charge in [-0.2, -0.15) is 18.3 Å². The SMILES string of the molecule is Cn1cc(C(=O)N2CCN(CCc3ccccc3)CC2)c(C(F)(F)F)n1. The molecular formula is C18H21F3N4O. The Morgan fingerprint density at radius 2 is 1.77 bits per heavy atom. The number of amides is 1. The number of alkyl halides is 3. The number of piperazine rings is 1. The summed E-state index contributed by atoms with van der Waals surface area (Å²) in [5, 5.41) is 3.41. The van der Waals surface area contributed by atoms with Gasteiger partial charge in [-0.3, -0.25) is 14.4 Å². The maximum absolute atomic E-state index is 13.1. The Bertz CT molecular complexity index is 750. The molecule has 1 aliphatic rings. The fourth-order valence-electron chi connectivity index (χ4n) is 3.13. The molecule has 0 bridgehead atoms. The van der Waals surface area contributed by atoms with Crippen LogP contribution in [0.25, 0.3) is 0 Å². The molecule has 140 valence electrons. The zero-order chi connectivity index (χ0) is 18.7. The van der Waals surface area contributed by atoms with Gasteiger partial charge in [-0.15, -0.1) is 0 Å². The molecule has 5 nitrogen and oxygen atoms in total. The Hall–Kier alpha value is -2.35. The van der Waals surface area contributed by atoms with Gasteiger partial charge in [0, 0.05) is 46.0 Å². The maximum Gasteiger partial charge on any atom is 0.435 e. The van der Waals surface area contributed by atoms with Gasteiger partial charge >= 0.3 is 6.18 Å². The molecular weight excluding hydrogens is 345 g/mol. The van der Waals surface area contributed by atoms with Crippen LogP contribution in [0.15, 0.2) is 36.5 Å². The molecule has 0 aliphatic carbocycles. The van der Waals surface area contributed by atoms with Crippen molar-refractivity contribution in [2.45, 2.75) is 12.6 Å². The lowest BCUT2D eigenvalue weighted by molar-refractivity contribution is -0.141. The Morgan fingerprint density at radius 3 is 2.38 bits per heavy atom. The van der Waals surface area contributed by atoms with Crippen LogP contribution < -0.4 is 0 Å². The number of aryl methyl sites for hydroxylation is 1. The topological polar surface area (TPSA) is 41.4 Å². The minimum absolute atomic E-state index is 0.377. The third kappa shape index (κ3) is 4.24. The van der Waals surface area contributed by atoms with E-state index in [1.165, 1.54) is 17.5 Å². The number of carbonyl (C=O) groups excluding carboxylic acids is 1. The number of carbonyl (C=O) groups is 1. The zero-order valence-electron chi connectivity index (χ0n) is 14.5. The molecule has 26 heavy (non-hydrogen) atoms. The highest BCUT2D eigenvalue weighted by Crippen LogP contribution is 2.31. The highest BCUT2D eigenvalue weighted by molar-refractivity contribution is 5.95. The standard InChI is InChI=1S/C18H21F3N4O/c1-23-13-15(16(22-23)18(19,20)21)17(26)25-11-9-24(10-12-25)8-7-14-5-3-2-4-6-14/h2-6,13H,7-12H2,1H3. The number of benzene rings is 1. The first-order valence-corrected chi connectivity index (χ1v) is 8.51. The van der Waals surface area contributed by atoms with E-state index in [4.69, 9.17) is 0 Å². The summed E-state index contributed by atoms with van der Waals surface area (Å²) in [4.78, 5) is 16.2. The molecule has 3 rings (SSSR count). The van der Waals surface area contributed by atoms with Crippen molar-refractivity contribution in [2.24, 2.45) is 7.05 Å². The molecule has 8 heteroatoms. The number of nitrogens with zero attached hydrogens (tertiary/aromatic N) is 4. The van der Waals surface area contributed by atoms with E-state index in [0.29, 0.717) is 26.2 Å². The molecule has 0 atom stereocenters. The van der Waals surface area contributed by atoms with Crippen LogP contribution in [0.2, 0.25) is 0 Å². The average Bonchev–Trinajstić information content (AvgIpc) is 3.03. The van der Waals surface area contributed by atoms with Crippen LogP contribution in [0.5, 0.6) is 0 Å². The lowest BCUT2D eigenvalue weighted by Crippen LogP contribution is -2.49. The maximum atomic E-state index is 13.1. The van der Waals surface area contributed by atoms with E-state index >= 15 is 0 Å². The predicted octanol–water partition coefficient (Wildman–Crippen LogP) is 2.44. The van der Waals surface area contributed by atoms with E-state index in [9.17, 15) is 18.0 Å². The molecule has 1 aromatic heterocycles. The number of aromatic nitrogens is 2. The molecule has 1 saturated heterocycles. The largest absolute Gasteiger partial charge is 0.435 e. The highest BCUT2D eigenvalue weighted by atomic mass is 19.4. The molecule has 0 N–H and O–H groups in total. The van der Waals surface area contributed by atoms with E-state index in [1.807, 2.05) is 18.2 Å². The van der Waals surface area contributed by atoms with Crippen molar-refractivity contribution in [3.8, 4) is 0 Å². The Balaban J connectivity index is 1.57. The van der Waals surface area contributed by atoms with Gasteiger partial charge < -0.3 is 4.90 Å². The first-order chi connectivity index (χ1) is 12.3. The van der Waals surface area contributed by atoms with E-state index in [0.717, 1.165) is 23.8 Å². The number of rotatable bonds is 4. The molecule has 1 amide bonds. The molecule has 1 aromatic carbocycles. The van der Waals surface area contributed by atoms with Gasteiger partial charge in [0.2, 0.25) is 0 Å². The molecule has 0 spiro atoms. The van der Waals surface area contributed by atoms with E-state index < -0.39 is 17.8 Å². The summed E-state index contributed by atoms with van der Waals surface area (Å²) in [6, 6.07) is 10.1. The molecule has 2 aromatic rings. The van der Waals surface area contributed by atoms with Crippen LogP contribution in [-0.4, -0.2) is 58.2 Å². The third-order valence-corrected chi connectivity index (χ3v) is 4.55. The van der Waals surface area contributed by atoms with Crippen molar-refractivity contribution < 1.29 is 18.0 Å². The molecule has 0 saturated carbocycles. The Labute approximate surface area is 150 Å². The quantitative estimate of drug-likeness (QED) is 0.835. The van der Waals surface area contributed by atoms with E-state index in [1.54, 1.807) is 0 Å². The first kappa shape index (κ1) is 18.4. The second kappa shape index (κ2) is 7.49. The van der Waals surface area contributed by atoms with Crippen molar-refractivity contribution in [3.63, 3.8) is 0 Å². The van der Waals surface area contributed by atoms with Crippen LogP contribution in [0.1, 0.15) is 21.6 Å². The van der Waals surface area contributed by atoms with Crippen molar-refractivity contribution in [1.82, 2.24) is 19.6 Å². The van der Waals surface area contributed by atoms with Crippen molar-refractivity contribution >= 4 is 5.91 Å². The fourth-order valence-corrected chi connectivity index (χ4v) is 3.13. The van der Waals surface area contributed by atoms with Crippen LogP contribution in [0.3, 0.4) is 0 Å². The molecule has 1 fully saturated rings. The van der Waals surface area contributed by atoms with E-state index in [2.05, 4.69) is 22.1 Å². The molecule has 0 radical (unpaired) electrons. The second-order valence-corrected chi connectivity index (χ2v) is 6.43. The Morgan fingerprint density at radius 1 is 1.12 bits per heavy atom. The van der Waals surface area contributed by atoms with Crippen LogP contribution in [-0.2, 0) is 19.6 Å². The van der Waals surface area contributed by atoms with Crippen LogP contribution in [0, 0.1) is 0 Å². The Kier molecular flexibility index (Phi) is 5.31. The van der Waals surface area contributed by atoms with Gasteiger partial charge in [-0.25, -0.2) is 0 Å². The van der Waals surface area contributed by atoms with Crippen molar-refractivity contribution in [1.29, 1.82) is 0 Å². The summed E-state index contributed by atoms with van der Waals surface area (Å²) >= 11 is 0. The normalized spacial score (nSPS) is 16.1. The minimum Gasteiger partial charge on any atom is -0.336 e. The average molecular weight is 366 g/mol. The molecule has 0 unspecified atom stereocenters. The van der Waals surface area contributed by atoms with E-state index in [-0.39, 0.29) is 5.56 Å². The molecule has 2 heterocycles. The smallest absolute Gasteiger partial charge is 0.336 e. The summed E-state index contributed by atoms with van der Waals surface area (Å²) in [6.45, 7) is 3.01. The van der Waals surface area contributed by atoms with Gasteiger partial charge in [-0.1, -0.05) is 30.3 Å². The molecule has 1 aliphatic heterocycles. The summed E-state index contributed by atoms with van der Waals surface area (Å²) in [6.07, 6.45) is -2.58. The van der Waals surface area contributed by atoms with Crippen LogP contribution in [0.4, 0.5) is 13.2 Å². The lowest BCUT2D eigenvalue weighted by Gasteiger charge is -2.34. The summed E-state index contributed by atoms with van der Waals surface area (Å²) < 4.78 is 40.2. The number of hydrogen-bond donors (Lipinski definition) is 0. The monoisotopic (exact) mass is 366 g/mol. The first-order valence-electron chi connectivity index (χ1n) is 8.51.